The Balaban J connectivity index is 1.45. The molecule has 3 N–H and O–H groups in total. The van der Waals surface area contributed by atoms with E-state index >= 15 is 0 Å². The molecule has 0 unspecified atom stereocenters. The predicted molar refractivity (Wildman–Crippen MR) is 125 cm³/mol. The first-order valence-electron chi connectivity index (χ1n) is 11.6. The number of primary amides is 1. The van der Waals surface area contributed by atoms with Crippen molar-refractivity contribution in [3.05, 3.63) is 53.6 Å². The molecule has 1 heterocycles. The van der Waals surface area contributed by atoms with Gasteiger partial charge in [0, 0.05) is 18.4 Å². The van der Waals surface area contributed by atoms with E-state index in [9.17, 15) is 9.59 Å². The molecule has 33 heavy (non-hydrogen) atoms. The fourth-order valence-electron chi connectivity index (χ4n) is 4.76. The van der Waals surface area contributed by atoms with Gasteiger partial charge in [0.1, 0.15) is 5.75 Å². The standard InChI is InChI=1S/C26H32N2O5/c1-31-23-10-9-18(14-24(23)33-21-6-2-3-7-21)20-13-19(26(30)28-15-20)11-17-5-4-8-22(12-17)32-16-25(27)29/h4-5,8-10,12,14,19-21H,2-3,6-7,11,13,15-16H2,1H3,(H2,27,29)(H,28,30)/t19-,20-/m1/s1. The summed E-state index contributed by atoms with van der Waals surface area (Å²) in [6, 6.07) is 13.6. The van der Waals surface area contributed by atoms with Crippen LogP contribution in [0.2, 0.25) is 0 Å². The lowest BCUT2D eigenvalue weighted by molar-refractivity contribution is -0.127. The summed E-state index contributed by atoms with van der Waals surface area (Å²) in [4.78, 5) is 23.6. The Hall–Kier alpha value is -3.22. The molecule has 2 aromatic carbocycles. The molecule has 2 amide bonds. The molecule has 7 heteroatoms. The van der Waals surface area contributed by atoms with Crippen molar-refractivity contribution in [2.45, 2.75) is 50.5 Å². The summed E-state index contributed by atoms with van der Waals surface area (Å²) in [6.07, 6.45) is 6.16. The minimum absolute atomic E-state index is 0.0608. The third-order valence-corrected chi connectivity index (χ3v) is 6.48. The van der Waals surface area contributed by atoms with E-state index in [1.807, 2.05) is 24.3 Å². The van der Waals surface area contributed by atoms with Crippen LogP contribution in [0, 0.1) is 5.92 Å². The number of ether oxygens (including phenoxy) is 3. The summed E-state index contributed by atoms with van der Waals surface area (Å²) in [5, 5.41) is 3.07. The Bertz CT molecular complexity index is 986. The Morgan fingerprint density at radius 1 is 1.12 bits per heavy atom. The molecule has 7 nitrogen and oxygen atoms in total. The van der Waals surface area contributed by atoms with E-state index in [4.69, 9.17) is 19.9 Å². The highest BCUT2D eigenvalue weighted by atomic mass is 16.5. The summed E-state index contributed by atoms with van der Waals surface area (Å²) in [7, 11) is 1.66. The number of carbonyl (C=O) groups is 2. The van der Waals surface area contributed by atoms with Gasteiger partial charge >= 0.3 is 0 Å². The first kappa shape index (κ1) is 23.0. The Labute approximate surface area is 194 Å². The molecule has 2 atom stereocenters. The Morgan fingerprint density at radius 3 is 2.70 bits per heavy atom. The van der Waals surface area contributed by atoms with Gasteiger partial charge in [0.05, 0.1) is 13.2 Å². The molecular formula is C26H32N2O5. The first-order valence-corrected chi connectivity index (χ1v) is 11.6. The number of methoxy groups -OCH3 is 1. The van der Waals surface area contributed by atoms with Gasteiger partial charge in [-0.15, -0.1) is 0 Å². The molecule has 0 aromatic heterocycles. The van der Waals surface area contributed by atoms with Crippen LogP contribution >= 0.6 is 0 Å². The second-order valence-corrected chi connectivity index (χ2v) is 8.92. The summed E-state index contributed by atoms with van der Waals surface area (Å²) < 4.78 is 17.2. The monoisotopic (exact) mass is 452 g/mol. The van der Waals surface area contributed by atoms with E-state index in [2.05, 4.69) is 17.4 Å². The van der Waals surface area contributed by atoms with Crippen LogP contribution in [0.3, 0.4) is 0 Å². The van der Waals surface area contributed by atoms with Crippen LogP contribution in [-0.2, 0) is 16.0 Å². The summed E-state index contributed by atoms with van der Waals surface area (Å²) in [6.45, 7) is 0.435. The van der Waals surface area contributed by atoms with Gasteiger partial charge in [0.2, 0.25) is 5.91 Å². The van der Waals surface area contributed by atoms with E-state index in [0.717, 1.165) is 41.9 Å². The van der Waals surface area contributed by atoms with Gasteiger partial charge in [-0.3, -0.25) is 9.59 Å². The van der Waals surface area contributed by atoms with E-state index in [0.29, 0.717) is 18.7 Å². The molecule has 1 aliphatic carbocycles. The average molecular weight is 453 g/mol. The van der Waals surface area contributed by atoms with Gasteiger partial charge < -0.3 is 25.3 Å². The van der Waals surface area contributed by atoms with Crippen molar-refractivity contribution in [1.29, 1.82) is 0 Å². The number of nitrogens with one attached hydrogen (secondary N) is 1. The highest BCUT2D eigenvalue weighted by Gasteiger charge is 2.30. The summed E-state index contributed by atoms with van der Waals surface area (Å²) in [5.74, 6) is 1.68. The Kier molecular flexibility index (Phi) is 7.37. The SMILES string of the molecule is COc1ccc([C@H]2CNC(=O)[C@H](Cc3cccc(OCC(N)=O)c3)C2)cc1OC1CCCC1. The van der Waals surface area contributed by atoms with Crippen LogP contribution in [0.25, 0.3) is 0 Å². The number of hydrogen-bond acceptors (Lipinski definition) is 5. The highest BCUT2D eigenvalue weighted by molar-refractivity contribution is 5.80. The smallest absolute Gasteiger partial charge is 0.255 e. The molecule has 176 valence electrons. The molecule has 0 spiro atoms. The molecule has 0 radical (unpaired) electrons. The van der Waals surface area contributed by atoms with Crippen LogP contribution in [0.4, 0.5) is 0 Å². The van der Waals surface area contributed by atoms with E-state index < -0.39 is 5.91 Å². The molecule has 1 saturated carbocycles. The van der Waals surface area contributed by atoms with Crippen LogP contribution in [0.5, 0.6) is 17.2 Å². The van der Waals surface area contributed by atoms with Crippen molar-refractivity contribution in [1.82, 2.24) is 5.32 Å². The fourth-order valence-corrected chi connectivity index (χ4v) is 4.76. The molecule has 1 saturated heterocycles. The van der Waals surface area contributed by atoms with Crippen LogP contribution in [-0.4, -0.2) is 38.2 Å². The topological polar surface area (TPSA) is 99.9 Å². The maximum absolute atomic E-state index is 12.6. The average Bonchev–Trinajstić information content (AvgIpc) is 3.32. The lowest BCUT2D eigenvalue weighted by Crippen LogP contribution is -2.41. The van der Waals surface area contributed by atoms with E-state index in [1.54, 1.807) is 13.2 Å². The van der Waals surface area contributed by atoms with Gasteiger partial charge in [-0.25, -0.2) is 0 Å². The molecular weight excluding hydrogens is 420 g/mol. The number of hydrogen-bond donors (Lipinski definition) is 2. The zero-order valence-electron chi connectivity index (χ0n) is 19.0. The number of nitrogens with two attached hydrogens (primary N) is 1. The van der Waals surface area contributed by atoms with E-state index in [-0.39, 0.29) is 30.5 Å². The van der Waals surface area contributed by atoms with Crippen LogP contribution in [0.1, 0.15) is 49.1 Å². The third-order valence-electron chi connectivity index (χ3n) is 6.48. The number of carbonyl (C=O) groups excluding carboxylic acids is 2. The normalized spacial score (nSPS) is 20.8. The van der Waals surface area contributed by atoms with Gasteiger partial charge in [-0.05, 0) is 73.9 Å². The summed E-state index contributed by atoms with van der Waals surface area (Å²) in [5.41, 5.74) is 7.29. The van der Waals surface area contributed by atoms with Gasteiger partial charge in [0.15, 0.2) is 18.1 Å². The highest BCUT2D eigenvalue weighted by Crippen LogP contribution is 2.37. The lowest BCUT2D eigenvalue weighted by atomic mass is 9.82. The van der Waals surface area contributed by atoms with Crippen LogP contribution in [0.15, 0.2) is 42.5 Å². The van der Waals surface area contributed by atoms with Crippen molar-refractivity contribution in [3.63, 3.8) is 0 Å². The molecule has 2 aliphatic rings. The minimum atomic E-state index is -0.523. The zero-order chi connectivity index (χ0) is 23.2. The number of piperidine rings is 1. The lowest BCUT2D eigenvalue weighted by Gasteiger charge is -2.30. The zero-order valence-corrected chi connectivity index (χ0v) is 19.0. The maximum atomic E-state index is 12.6. The summed E-state index contributed by atoms with van der Waals surface area (Å²) >= 11 is 0. The van der Waals surface area contributed by atoms with Crippen LogP contribution < -0.4 is 25.3 Å². The van der Waals surface area contributed by atoms with Gasteiger partial charge in [-0.1, -0.05) is 18.2 Å². The largest absolute Gasteiger partial charge is 0.493 e. The fraction of sp³-hybridized carbons (Fsp3) is 0.462. The van der Waals surface area contributed by atoms with Gasteiger partial charge in [0.25, 0.3) is 5.91 Å². The van der Waals surface area contributed by atoms with Crippen molar-refractivity contribution in [2.75, 3.05) is 20.3 Å². The Morgan fingerprint density at radius 2 is 1.94 bits per heavy atom. The second kappa shape index (κ2) is 10.6. The first-order chi connectivity index (χ1) is 16.0. The quantitative estimate of drug-likeness (QED) is 0.608. The second-order valence-electron chi connectivity index (χ2n) is 8.92. The molecule has 0 bridgehead atoms. The number of rotatable bonds is 9. The molecule has 4 rings (SSSR count). The maximum Gasteiger partial charge on any atom is 0.255 e. The predicted octanol–water partition coefficient (Wildman–Crippen LogP) is 3.34. The van der Waals surface area contributed by atoms with Crippen molar-refractivity contribution < 1.29 is 23.8 Å². The third kappa shape index (κ3) is 5.97. The molecule has 1 aliphatic heterocycles. The van der Waals surface area contributed by atoms with Gasteiger partial charge in [-0.2, -0.15) is 0 Å². The number of amides is 2. The number of benzene rings is 2. The van der Waals surface area contributed by atoms with E-state index in [1.165, 1.54) is 12.8 Å². The van der Waals surface area contributed by atoms with Crippen molar-refractivity contribution in [2.24, 2.45) is 11.7 Å². The van der Waals surface area contributed by atoms with Crippen molar-refractivity contribution >= 4 is 11.8 Å². The minimum Gasteiger partial charge on any atom is -0.493 e. The molecule has 2 aromatic rings. The van der Waals surface area contributed by atoms with Crippen molar-refractivity contribution in [3.8, 4) is 17.2 Å². The molecule has 2 fully saturated rings.